The first-order valence-corrected chi connectivity index (χ1v) is 8.26. The summed E-state index contributed by atoms with van der Waals surface area (Å²) >= 11 is 0. The largest absolute Gasteiger partial charge is 0.0648 e. The summed E-state index contributed by atoms with van der Waals surface area (Å²) in [6.45, 7) is 6.95. The summed E-state index contributed by atoms with van der Waals surface area (Å²) in [5.41, 5.74) is 8.77. The molecule has 0 saturated carbocycles. The van der Waals surface area contributed by atoms with Gasteiger partial charge < -0.3 is 0 Å². The Kier molecular flexibility index (Phi) is 4.29. The zero-order chi connectivity index (χ0) is 15.5. The lowest BCUT2D eigenvalue weighted by Gasteiger charge is -2.18. The van der Waals surface area contributed by atoms with Crippen molar-refractivity contribution in [1.82, 2.24) is 0 Å². The van der Waals surface area contributed by atoms with Crippen LogP contribution in [-0.4, -0.2) is 0 Å². The van der Waals surface area contributed by atoms with Gasteiger partial charge in [0.15, 0.2) is 0 Å². The minimum absolute atomic E-state index is 0.608. The summed E-state index contributed by atoms with van der Waals surface area (Å²) in [7, 11) is 0. The fraction of sp³-hybridized carbons (Fsp3) is 0.273. The van der Waals surface area contributed by atoms with Gasteiger partial charge in [0.25, 0.3) is 0 Å². The molecule has 0 bridgehead atoms. The average Bonchev–Trinajstić information content (AvgIpc) is 2.93. The van der Waals surface area contributed by atoms with E-state index in [4.69, 9.17) is 0 Å². The zero-order valence-corrected chi connectivity index (χ0v) is 13.8. The summed E-state index contributed by atoms with van der Waals surface area (Å²) in [5.74, 6) is 0.608. The molecule has 1 aliphatic rings. The van der Waals surface area contributed by atoms with E-state index in [0.29, 0.717) is 5.92 Å². The molecule has 0 saturated heterocycles. The highest BCUT2D eigenvalue weighted by Crippen LogP contribution is 2.46. The van der Waals surface area contributed by atoms with Crippen molar-refractivity contribution in [2.24, 2.45) is 5.92 Å². The molecule has 0 radical (unpaired) electrons. The maximum atomic E-state index is 2.36. The van der Waals surface area contributed by atoms with Crippen LogP contribution in [0.25, 0.3) is 11.1 Å². The van der Waals surface area contributed by atoms with Crippen molar-refractivity contribution in [2.45, 2.75) is 33.6 Å². The monoisotopic (exact) mass is 288 g/mol. The molecule has 0 fully saturated rings. The first-order valence-electron chi connectivity index (χ1n) is 8.26. The van der Waals surface area contributed by atoms with Gasteiger partial charge in [-0.05, 0) is 53.5 Å². The fourth-order valence-corrected chi connectivity index (χ4v) is 3.52. The Morgan fingerprint density at radius 3 is 1.95 bits per heavy atom. The van der Waals surface area contributed by atoms with E-state index in [0.717, 1.165) is 6.42 Å². The third kappa shape index (κ3) is 2.66. The molecule has 3 rings (SSSR count). The van der Waals surface area contributed by atoms with E-state index in [2.05, 4.69) is 81.4 Å². The topological polar surface area (TPSA) is 0 Å². The Labute approximate surface area is 134 Å². The van der Waals surface area contributed by atoms with Gasteiger partial charge in [-0.25, -0.2) is 0 Å². The summed E-state index contributed by atoms with van der Waals surface area (Å²) in [6.07, 6.45) is 2.26. The molecule has 1 atom stereocenters. The molecule has 1 unspecified atom stereocenters. The molecular formula is C22H24. The van der Waals surface area contributed by atoms with Gasteiger partial charge in [-0.2, -0.15) is 0 Å². The van der Waals surface area contributed by atoms with Crippen LogP contribution in [0.3, 0.4) is 0 Å². The predicted octanol–water partition coefficient (Wildman–Crippen LogP) is 6.36. The molecule has 2 aromatic rings. The Balaban J connectivity index is 2.20. The highest BCUT2D eigenvalue weighted by atomic mass is 14.3. The molecule has 22 heavy (non-hydrogen) atoms. The second-order valence-corrected chi connectivity index (χ2v) is 6.27. The van der Waals surface area contributed by atoms with E-state index in [1.807, 2.05) is 0 Å². The van der Waals surface area contributed by atoms with Crippen LogP contribution in [0, 0.1) is 5.92 Å². The van der Waals surface area contributed by atoms with Gasteiger partial charge in [0, 0.05) is 0 Å². The highest BCUT2D eigenvalue weighted by Gasteiger charge is 2.26. The molecule has 1 aliphatic carbocycles. The Morgan fingerprint density at radius 2 is 1.41 bits per heavy atom. The predicted molar refractivity (Wildman–Crippen MR) is 96.5 cm³/mol. The standard InChI is InChI=1S/C22H24/c1-4-16(2)21-17(3)15-20(18-11-7-5-8-12-18)22(21)19-13-9-6-10-14-19/h5-14,16H,4,15H2,1-3H3. The molecule has 0 N–H and O–H groups in total. The Bertz CT molecular complexity index is 702. The first kappa shape index (κ1) is 14.8. The van der Waals surface area contributed by atoms with E-state index in [1.54, 1.807) is 5.57 Å². The van der Waals surface area contributed by atoms with Gasteiger partial charge in [0.05, 0.1) is 0 Å². The summed E-state index contributed by atoms with van der Waals surface area (Å²) in [6, 6.07) is 21.7. The lowest BCUT2D eigenvalue weighted by molar-refractivity contribution is 0.669. The molecule has 0 aromatic heterocycles. The average molecular weight is 288 g/mol. The number of hydrogen-bond donors (Lipinski definition) is 0. The van der Waals surface area contributed by atoms with Crippen molar-refractivity contribution < 1.29 is 0 Å². The summed E-state index contributed by atoms with van der Waals surface area (Å²) in [5, 5.41) is 0. The lowest BCUT2D eigenvalue weighted by atomic mass is 9.86. The number of rotatable bonds is 4. The van der Waals surface area contributed by atoms with E-state index < -0.39 is 0 Å². The van der Waals surface area contributed by atoms with Crippen molar-refractivity contribution in [3.63, 3.8) is 0 Å². The molecular weight excluding hydrogens is 264 g/mol. The van der Waals surface area contributed by atoms with E-state index in [-0.39, 0.29) is 0 Å². The van der Waals surface area contributed by atoms with Crippen LogP contribution in [0.4, 0.5) is 0 Å². The maximum absolute atomic E-state index is 2.36. The fourth-order valence-electron chi connectivity index (χ4n) is 3.52. The van der Waals surface area contributed by atoms with Crippen molar-refractivity contribution in [3.8, 4) is 0 Å². The highest BCUT2D eigenvalue weighted by molar-refractivity contribution is 6.02. The minimum Gasteiger partial charge on any atom is -0.0648 e. The zero-order valence-electron chi connectivity index (χ0n) is 13.8. The third-order valence-corrected chi connectivity index (χ3v) is 4.76. The SMILES string of the molecule is CCC(C)C1=C(C)CC(c2ccccc2)=C1c1ccccc1. The smallest absolute Gasteiger partial charge is 0.00515 e. The normalized spacial score (nSPS) is 16.3. The second-order valence-electron chi connectivity index (χ2n) is 6.27. The van der Waals surface area contributed by atoms with E-state index in [1.165, 1.54) is 34.3 Å². The molecule has 0 heterocycles. The van der Waals surface area contributed by atoms with Crippen molar-refractivity contribution in [3.05, 3.63) is 82.9 Å². The summed E-state index contributed by atoms with van der Waals surface area (Å²) < 4.78 is 0. The number of hydrogen-bond acceptors (Lipinski definition) is 0. The number of benzene rings is 2. The summed E-state index contributed by atoms with van der Waals surface area (Å²) in [4.78, 5) is 0. The maximum Gasteiger partial charge on any atom is -0.00515 e. The van der Waals surface area contributed by atoms with Crippen LogP contribution in [-0.2, 0) is 0 Å². The van der Waals surface area contributed by atoms with Crippen LogP contribution in [0.2, 0.25) is 0 Å². The van der Waals surface area contributed by atoms with Gasteiger partial charge in [0.2, 0.25) is 0 Å². The van der Waals surface area contributed by atoms with Gasteiger partial charge in [0.1, 0.15) is 0 Å². The van der Waals surface area contributed by atoms with Crippen molar-refractivity contribution >= 4 is 11.1 Å². The van der Waals surface area contributed by atoms with Crippen LogP contribution < -0.4 is 0 Å². The molecule has 0 amide bonds. The minimum atomic E-state index is 0.608. The van der Waals surface area contributed by atoms with E-state index in [9.17, 15) is 0 Å². The quantitative estimate of drug-likeness (QED) is 0.613. The molecule has 0 nitrogen and oxygen atoms in total. The van der Waals surface area contributed by atoms with Gasteiger partial charge in [-0.3, -0.25) is 0 Å². The molecule has 2 aromatic carbocycles. The first-order chi connectivity index (χ1) is 10.7. The second kappa shape index (κ2) is 6.36. The molecule has 0 aliphatic heterocycles. The Morgan fingerprint density at radius 1 is 0.864 bits per heavy atom. The molecule has 0 spiro atoms. The van der Waals surface area contributed by atoms with Crippen LogP contribution >= 0.6 is 0 Å². The van der Waals surface area contributed by atoms with Gasteiger partial charge in [-0.1, -0.05) is 80.1 Å². The van der Waals surface area contributed by atoms with Crippen LogP contribution in [0.1, 0.15) is 44.7 Å². The third-order valence-electron chi connectivity index (χ3n) is 4.76. The van der Waals surface area contributed by atoms with E-state index >= 15 is 0 Å². The van der Waals surface area contributed by atoms with Crippen LogP contribution in [0.5, 0.6) is 0 Å². The van der Waals surface area contributed by atoms with Crippen LogP contribution in [0.15, 0.2) is 71.8 Å². The van der Waals surface area contributed by atoms with Crippen molar-refractivity contribution in [2.75, 3.05) is 0 Å². The van der Waals surface area contributed by atoms with Gasteiger partial charge in [-0.15, -0.1) is 0 Å². The Hall–Kier alpha value is -2.08. The van der Waals surface area contributed by atoms with Crippen molar-refractivity contribution in [1.29, 1.82) is 0 Å². The molecule has 0 heteroatoms. The van der Waals surface area contributed by atoms with Gasteiger partial charge >= 0.3 is 0 Å². The molecule has 112 valence electrons. The number of allylic oxidation sites excluding steroid dienone is 4. The lowest BCUT2D eigenvalue weighted by Crippen LogP contribution is -2.01.